The molecule has 1 aliphatic heterocycles. The lowest BCUT2D eigenvalue weighted by atomic mass is 9.92. The van der Waals surface area contributed by atoms with E-state index in [0.29, 0.717) is 36.3 Å². The maximum Gasteiger partial charge on any atom is 0.573 e. The summed E-state index contributed by atoms with van der Waals surface area (Å²) in [6.07, 6.45) is -3.33. The third-order valence-corrected chi connectivity index (χ3v) is 4.83. The fourth-order valence-corrected chi connectivity index (χ4v) is 3.53. The smallest absolute Gasteiger partial charge is 0.406 e. The van der Waals surface area contributed by atoms with Gasteiger partial charge in [0.15, 0.2) is 5.13 Å². The number of anilines is 1. The standard InChI is InChI=1S/C15H16F3N3O3S/c16-15(17,18)24-9-1-2-10-11(7-9)25-14(20-10)21-13(22)12(19)8-3-5-23-6-4-8/h1-2,7-8,12H,3-6,19H2,(H,20,21,22). The van der Waals surface area contributed by atoms with E-state index >= 15 is 0 Å². The van der Waals surface area contributed by atoms with Gasteiger partial charge in [0, 0.05) is 19.3 Å². The van der Waals surface area contributed by atoms with E-state index in [9.17, 15) is 18.0 Å². The first-order chi connectivity index (χ1) is 11.8. The van der Waals surface area contributed by atoms with E-state index in [4.69, 9.17) is 10.5 Å². The van der Waals surface area contributed by atoms with Crippen molar-refractivity contribution < 1.29 is 27.4 Å². The summed E-state index contributed by atoms with van der Waals surface area (Å²) in [6.45, 7) is 1.16. The van der Waals surface area contributed by atoms with Gasteiger partial charge in [0.05, 0.1) is 16.3 Å². The number of carbonyl (C=O) groups excluding carboxylic acids is 1. The molecule has 0 saturated carbocycles. The molecule has 25 heavy (non-hydrogen) atoms. The first kappa shape index (κ1) is 17.9. The van der Waals surface area contributed by atoms with Gasteiger partial charge in [-0.2, -0.15) is 0 Å². The summed E-state index contributed by atoms with van der Waals surface area (Å²) in [4.78, 5) is 16.4. The van der Waals surface area contributed by atoms with Gasteiger partial charge in [-0.15, -0.1) is 13.2 Å². The predicted octanol–water partition coefficient (Wildman–Crippen LogP) is 2.89. The number of fused-ring (bicyclic) bond motifs is 1. The van der Waals surface area contributed by atoms with Crippen LogP contribution in [0.5, 0.6) is 5.75 Å². The van der Waals surface area contributed by atoms with Crippen LogP contribution in [-0.4, -0.2) is 36.5 Å². The van der Waals surface area contributed by atoms with Gasteiger partial charge in [0.2, 0.25) is 5.91 Å². The molecule has 1 fully saturated rings. The van der Waals surface area contributed by atoms with Gasteiger partial charge in [0.1, 0.15) is 5.75 Å². The first-order valence-electron chi connectivity index (χ1n) is 7.62. The number of halogens is 3. The molecule has 1 atom stereocenters. The molecule has 10 heteroatoms. The maximum atomic E-state index is 12.3. The Kier molecular flexibility index (Phi) is 5.11. The van der Waals surface area contributed by atoms with E-state index in [2.05, 4.69) is 15.0 Å². The number of thiazole rings is 1. The van der Waals surface area contributed by atoms with E-state index in [0.717, 1.165) is 11.3 Å². The van der Waals surface area contributed by atoms with Crippen molar-refractivity contribution in [2.45, 2.75) is 25.2 Å². The van der Waals surface area contributed by atoms with Crippen molar-refractivity contribution in [1.29, 1.82) is 0 Å². The summed E-state index contributed by atoms with van der Waals surface area (Å²) in [6, 6.07) is 3.13. The first-order valence-corrected chi connectivity index (χ1v) is 8.44. The molecule has 6 nitrogen and oxygen atoms in total. The average Bonchev–Trinajstić information content (AvgIpc) is 2.94. The van der Waals surface area contributed by atoms with Gasteiger partial charge in [-0.3, -0.25) is 4.79 Å². The molecular formula is C15H16F3N3O3S. The van der Waals surface area contributed by atoms with Crippen LogP contribution in [0.4, 0.5) is 18.3 Å². The summed E-state index contributed by atoms with van der Waals surface area (Å²) < 4.78 is 46.4. The Morgan fingerprint density at radius 2 is 2.12 bits per heavy atom. The number of alkyl halides is 3. The summed E-state index contributed by atoms with van der Waals surface area (Å²) >= 11 is 1.06. The largest absolute Gasteiger partial charge is 0.573 e. The normalized spacial score (nSPS) is 17.4. The molecule has 2 heterocycles. The lowest BCUT2D eigenvalue weighted by Crippen LogP contribution is -2.43. The highest BCUT2D eigenvalue weighted by Gasteiger charge is 2.31. The van der Waals surface area contributed by atoms with Crippen LogP contribution in [0.25, 0.3) is 10.2 Å². The third-order valence-electron chi connectivity index (χ3n) is 3.90. The zero-order chi connectivity index (χ0) is 18.0. The zero-order valence-corrected chi connectivity index (χ0v) is 13.8. The van der Waals surface area contributed by atoms with Crippen LogP contribution in [0.2, 0.25) is 0 Å². The van der Waals surface area contributed by atoms with Crippen LogP contribution in [0.1, 0.15) is 12.8 Å². The van der Waals surface area contributed by atoms with Gasteiger partial charge in [-0.05, 0) is 30.9 Å². The van der Waals surface area contributed by atoms with Crippen molar-refractivity contribution in [3.63, 3.8) is 0 Å². The highest BCUT2D eigenvalue weighted by Crippen LogP contribution is 2.31. The number of ether oxygens (including phenoxy) is 2. The Morgan fingerprint density at radius 3 is 2.80 bits per heavy atom. The fourth-order valence-electron chi connectivity index (χ4n) is 2.63. The minimum absolute atomic E-state index is 0.0370. The molecule has 1 aromatic carbocycles. The SMILES string of the molecule is NC(C(=O)Nc1nc2ccc(OC(F)(F)F)cc2s1)C1CCOCC1. The number of hydrogen-bond donors (Lipinski definition) is 2. The fraction of sp³-hybridized carbons (Fsp3) is 0.467. The highest BCUT2D eigenvalue weighted by atomic mass is 32.1. The summed E-state index contributed by atoms with van der Waals surface area (Å²) in [7, 11) is 0. The molecule has 0 radical (unpaired) electrons. The summed E-state index contributed by atoms with van der Waals surface area (Å²) in [5.41, 5.74) is 6.46. The summed E-state index contributed by atoms with van der Waals surface area (Å²) in [5, 5.41) is 2.92. The lowest BCUT2D eigenvalue weighted by Gasteiger charge is -2.26. The van der Waals surface area contributed by atoms with E-state index in [1.54, 1.807) is 0 Å². The second-order valence-corrected chi connectivity index (χ2v) is 6.69. The van der Waals surface area contributed by atoms with Crippen molar-refractivity contribution in [3.05, 3.63) is 18.2 Å². The van der Waals surface area contributed by atoms with Crippen LogP contribution >= 0.6 is 11.3 Å². The number of hydrogen-bond acceptors (Lipinski definition) is 6. The number of nitrogens with one attached hydrogen (secondary N) is 1. The molecule has 0 spiro atoms. The van der Waals surface area contributed by atoms with Crippen molar-refractivity contribution in [2.75, 3.05) is 18.5 Å². The average molecular weight is 375 g/mol. The highest BCUT2D eigenvalue weighted by molar-refractivity contribution is 7.22. The Balaban J connectivity index is 1.69. The molecule has 1 aliphatic rings. The Hall–Kier alpha value is -1.91. The number of nitrogens with two attached hydrogens (primary N) is 1. The molecule has 2 aromatic rings. The predicted molar refractivity (Wildman–Crippen MR) is 86.5 cm³/mol. The Morgan fingerprint density at radius 1 is 1.40 bits per heavy atom. The molecule has 0 bridgehead atoms. The molecule has 1 amide bonds. The minimum Gasteiger partial charge on any atom is -0.406 e. The van der Waals surface area contributed by atoms with Crippen LogP contribution in [0, 0.1) is 5.92 Å². The Bertz CT molecular complexity index is 759. The number of rotatable bonds is 4. The van der Waals surface area contributed by atoms with E-state index in [1.807, 2.05) is 0 Å². The van der Waals surface area contributed by atoms with Gasteiger partial charge in [-0.25, -0.2) is 4.98 Å². The van der Waals surface area contributed by atoms with Crippen LogP contribution in [0.3, 0.4) is 0 Å². The minimum atomic E-state index is -4.76. The molecule has 1 aromatic heterocycles. The van der Waals surface area contributed by atoms with Crippen molar-refractivity contribution in [1.82, 2.24) is 4.98 Å². The molecule has 1 unspecified atom stereocenters. The number of aromatic nitrogens is 1. The van der Waals surface area contributed by atoms with Gasteiger partial charge in [-0.1, -0.05) is 11.3 Å². The summed E-state index contributed by atoms with van der Waals surface area (Å²) in [5.74, 6) is -0.659. The third kappa shape index (κ3) is 4.59. The van der Waals surface area contributed by atoms with Gasteiger partial charge >= 0.3 is 6.36 Å². The maximum absolute atomic E-state index is 12.3. The van der Waals surface area contributed by atoms with Crippen LogP contribution < -0.4 is 15.8 Å². The second kappa shape index (κ2) is 7.14. The van der Waals surface area contributed by atoms with Crippen molar-refractivity contribution in [3.8, 4) is 5.75 Å². The van der Waals surface area contributed by atoms with Crippen LogP contribution in [0.15, 0.2) is 18.2 Å². The van der Waals surface area contributed by atoms with Crippen molar-refractivity contribution in [2.24, 2.45) is 11.7 Å². The zero-order valence-electron chi connectivity index (χ0n) is 13.0. The quantitative estimate of drug-likeness (QED) is 0.858. The van der Waals surface area contributed by atoms with Gasteiger partial charge < -0.3 is 20.5 Å². The number of carbonyl (C=O) groups is 1. The van der Waals surface area contributed by atoms with E-state index < -0.39 is 12.4 Å². The topological polar surface area (TPSA) is 86.5 Å². The number of benzene rings is 1. The Labute approximate surface area is 145 Å². The monoisotopic (exact) mass is 375 g/mol. The lowest BCUT2D eigenvalue weighted by molar-refractivity contribution is -0.274. The van der Waals surface area contributed by atoms with E-state index in [-0.39, 0.29) is 22.7 Å². The molecule has 3 N–H and O–H groups in total. The molecule has 136 valence electrons. The second-order valence-electron chi connectivity index (χ2n) is 5.66. The molecular weight excluding hydrogens is 359 g/mol. The molecule has 1 saturated heterocycles. The van der Waals surface area contributed by atoms with Crippen LogP contribution in [-0.2, 0) is 9.53 Å². The van der Waals surface area contributed by atoms with E-state index in [1.165, 1.54) is 18.2 Å². The number of nitrogens with zero attached hydrogens (tertiary/aromatic N) is 1. The molecule has 3 rings (SSSR count). The van der Waals surface area contributed by atoms with Crippen molar-refractivity contribution >= 4 is 32.6 Å². The van der Waals surface area contributed by atoms with Gasteiger partial charge in [0.25, 0.3) is 0 Å². The molecule has 0 aliphatic carbocycles. The number of amides is 1.